The van der Waals surface area contributed by atoms with Crippen molar-refractivity contribution in [2.75, 3.05) is 27.4 Å². The summed E-state index contributed by atoms with van der Waals surface area (Å²) in [4.78, 5) is 0. The van der Waals surface area contributed by atoms with Gasteiger partial charge in [0.15, 0.2) is 0 Å². The SMILES string of the molecule is B[C@@H]1OCC2C1N[C@@]2(CCOC)OC. The highest BCUT2D eigenvalue weighted by molar-refractivity contribution is 6.11. The molecule has 1 N–H and O–H groups in total. The lowest BCUT2D eigenvalue weighted by Crippen LogP contribution is -2.73. The molecule has 0 aromatic carbocycles. The molecule has 0 amide bonds. The lowest BCUT2D eigenvalue weighted by molar-refractivity contribution is -0.166. The molecule has 2 aliphatic heterocycles. The Morgan fingerprint density at radius 2 is 2.36 bits per heavy atom. The molecule has 2 rings (SSSR count). The van der Waals surface area contributed by atoms with Gasteiger partial charge in [0.1, 0.15) is 13.6 Å². The topological polar surface area (TPSA) is 39.7 Å². The summed E-state index contributed by atoms with van der Waals surface area (Å²) in [7, 11) is 5.57. The van der Waals surface area contributed by atoms with Crippen molar-refractivity contribution < 1.29 is 14.2 Å². The zero-order valence-corrected chi connectivity index (χ0v) is 9.08. The van der Waals surface area contributed by atoms with Crippen molar-refractivity contribution >= 4 is 7.85 Å². The normalized spacial score (nSPS) is 46.0. The van der Waals surface area contributed by atoms with E-state index >= 15 is 0 Å². The van der Waals surface area contributed by atoms with Gasteiger partial charge in [-0.1, -0.05) is 0 Å². The number of hydrogen-bond acceptors (Lipinski definition) is 4. The number of hydrogen-bond donors (Lipinski definition) is 1. The van der Waals surface area contributed by atoms with Crippen LogP contribution < -0.4 is 5.32 Å². The molecule has 2 saturated heterocycles. The summed E-state index contributed by atoms with van der Waals surface area (Å²) in [6.07, 6.45) is 0.886. The molecular weight excluding hydrogens is 181 g/mol. The van der Waals surface area contributed by atoms with Crippen LogP contribution in [0.2, 0.25) is 0 Å². The summed E-state index contributed by atoms with van der Waals surface area (Å²) in [5.41, 5.74) is -0.203. The first kappa shape index (κ1) is 10.4. The van der Waals surface area contributed by atoms with E-state index in [2.05, 4.69) is 13.2 Å². The monoisotopic (exact) mass is 199 g/mol. The molecule has 4 nitrogen and oxygen atoms in total. The zero-order chi connectivity index (χ0) is 10.2. The summed E-state index contributed by atoms with van der Waals surface area (Å²) in [5.74, 6) is 0.484. The average Bonchev–Trinajstić information content (AvgIpc) is 2.45. The maximum Gasteiger partial charge on any atom is 0.141 e. The molecule has 80 valence electrons. The van der Waals surface area contributed by atoms with Crippen LogP contribution in [-0.2, 0) is 14.2 Å². The van der Waals surface area contributed by atoms with Crippen molar-refractivity contribution in [2.45, 2.75) is 24.2 Å². The van der Waals surface area contributed by atoms with E-state index in [1.807, 2.05) is 0 Å². The van der Waals surface area contributed by atoms with Gasteiger partial charge in [0.05, 0.1) is 13.2 Å². The molecule has 4 atom stereocenters. The summed E-state index contributed by atoms with van der Waals surface area (Å²) in [6, 6.07) is 0.776. The molecule has 0 spiro atoms. The Bertz CT molecular complexity index is 216. The average molecular weight is 199 g/mol. The molecule has 0 bridgehead atoms. The van der Waals surface area contributed by atoms with E-state index in [9.17, 15) is 0 Å². The number of nitrogens with one attached hydrogen (secondary N) is 1. The maximum absolute atomic E-state index is 5.59. The van der Waals surface area contributed by atoms with Crippen LogP contribution >= 0.6 is 0 Å². The van der Waals surface area contributed by atoms with Gasteiger partial charge in [-0.15, -0.1) is 0 Å². The predicted molar refractivity (Wildman–Crippen MR) is 54.9 cm³/mol. The second kappa shape index (κ2) is 3.81. The van der Waals surface area contributed by atoms with E-state index in [1.54, 1.807) is 14.2 Å². The van der Waals surface area contributed by atoms with E-state index in [0.29, 0.717) is 18.0 Å². The standard InChI is InChI=1S/C9H18BNO3/c1-12-4-3-9(13-2)6-5-14-8(10)7(6)11-9/h6-8,11H,3-5,10H2,1-2H3/t6?,7?,8-,9+/m1/s1. The van der Waals surface area contributed by atoms with Crippen molar-refractivity contribution in [3.8, 4) is 0 Å². The number of fused-ring (bicyclic) bond motifs is 1. The van der Waals surface area contributed by atoms with Crippen molar-refractivity contribution in [1.29, 1.82) is 0 Å². The Labute approximate surface area is 85.7 Å². The van der Waals surface area contributed by atoms with Gasteiger partial charge in [-0.2, -0.15) is 0 Å². The molecule has 2 fully saturated rings. The Morgan fingerprint density at radius 3 is 2.93 bits per heavy atom. The summed E-state index contributed by atoms with van der Waals surface area (Å²) < 4.78 is 16.3. The molecule has 0 aromatic rings. The summed E-state index contributed by atoms with van der Waals surface area (Å²) >= 11 is 0. The number of rotatable bonds is 4. The van der Waals surface area contributed by atoms with Crippen LogP contribution in [0.4, 0.5) is 0 Å². The second-order valence-corrected chi connectivity index (χ2v) is 4.15. The molecule has 0 saturated carbocycles. The molecule has 5 heteroatoms. The lowest BCUT2D eigenvalue weighted by Gasteiger charge is -2.52. The fourth-order valence-corrected chi connectivity index (χ4v) is 2.55. The summed E-state index contributed by atoms with van der Waals surface area (Å²) in [5, 5.41) is 3.46. The van der Waals surface area contributed by atoms with Gasteiger partial charge in [0.2, 0.25) is 0 Å². The minimum absolute atomic E-state index is 0.203. The van der Waals surface area contributed by atoms with Gasteiger partial charge in [0, 0.05) is 38.6 Å². The minimum Gasteiger partial charge on any atom is -0.385 e. The second-order valence-electron chi connectivity index (χ2n) is 4.15. The van der Waals surface area contributed by atoms with Crippen LogP contribution in [0, 0.1) is 5.92 Å². The summed E-state index contributed by atoms with van der Waals surface area (Å²) in [6.45, 7) is 1.52. The fraction of sp³-hybridized carbons (Fsp3) is 1.00. The quantitative estimate of drug-likeness (QED) is 0.586. The zero-order valence-electron chi connectivity index (χ0n) is 9.08. The first-order valence-corrected chi connectivity index (χ1v) is 5.17. The maximum atomic E-state index is 5.59. The predicted octanol–water partition coefficient (Wildman–Crippen LogP) is -1.06. The highest BCUT2D eigenvalue weighted by atomic mass is 16.5. The molecular formula is C9H18BNO3. The van der Waals surface area contributed by atoms with Crippen LogP contribution in [-0.4, -0.2) is 53.0 Å². The lowest BCUT2D eigenvalue weighted by atomic mass is 9.73. The van der Waals surface area contributed by atoms with Gasteiger partial charge in [-0.05, 0) is 0 Å². The minimum atomic E-state index is -0.203. The number of ether oxygens (including phenoxy) is 3. The van der Waals surface area contributed by atoms with Gasteiger partial charge in [0.25, 0.3) is 0 Å². The van der Waals surface area contributed by atoms with Gasteiger partial charge < -0.3 is 14.2 Å². The fourth-order valence-electron chi connectivity index (χ4n) is 2.55. The van der Waals surface area contributed by atoms with Gasteiger partial charge >= 0.3 is 0 Å². The van der Waals surface area contributed by atoms with Crippen molar-refractivity contribution in [1.82, 2.24) is 5.32 Å². The van der Waals surface area contributed by atoms with Gasteiger partial charge in [-0.3, -0.25) is 5.32 Å². The first-order chi connectivity index (χ1) is 6.73. The van der Waals surface area contributed by atoms with E-state index in [0.717, 1.165) is 19.6 Å². The third-order valence-corrected chi connectivity index (χ3v) is 3.53. The molecule has 0 aromatic heterocycles. The van der Waals surface area contributed by atoms with E-state index in [1.165, 1.54) is 0 Å². The van der Waals surface area contributed by atoms with Gasteiger partial charge in [-0.25, -0.2) is 0 Å². The highest BCUT2D eigenvalue weighted by Gasteiger charge is 2.58. The van der Waals surface area contributed by atoms with Crippen molar-refractivity contribution in [3.63, 3.8) is 0 Å². The molecule has 14 heavy (non-hydrogen) atoms. The van der Waals surface area contributed by atoms with Crippen LogP contribution in [0.1, 0.15) is 6.42 Å². The third kappa shape index (κ3) is 1.39. The van der Waals surface area contributed by atoms with E-state index < -0.39 is 0 Å². The molecule has 2 unspecified atom stereocenters. The van der Waals surface area contributed by atoms with Crippen molar-refractivity contribution in [3.05, 3.63) is 0 Å². The Hall–Kier alpha value is -0.0951. The first-order valence-electron chi connectivity index (χ1n) is 5.17. The van der Waals surface area contributed by atoms with E-state index in [-0.39, 0.29) is 5.72 Å². The molecule has 2 aliphatic rings. The Balaban J connectivity index is 1.96. The van der Waals surface area contributed by atoms with Crippen molar-refractivity contribution in [2.24, 2.45) is 5.92 Å². The molecule has 0 aliphatic carbocycles. The van der Waals surface area contributed by atoms with Crippen LogP contribution in [0.25, 0.3) is 0 Å². The van der Waals surface area contributed by atoms with Crippen LogP contribution in [0.15, 0.2) is 0 Å². The smallest absolute Gasteiger partial charge is 0.141 e. The Kier molecular flexibility index (Phi) is 2.84. The Morgan fingerprint density at radius 1 is 1.57 bits per heavy atom. The largest absolute Gasteiger partial charge is 0.385 e. The van der Waals surface area contributed by atoms with E-state index in [4.69, 9.17) is 14.2 Å². The molecule has 0 radical (unpaired) electrons. The van der Waals surface area contributed by atoms with Crippen LogP contribution in [0.5, 0.6) is 0 Å². The third-order valence-electron chi connectivity index (χ3n) is 3.53. The van der Waals surface area contributed by atoms with Crippen LogP contribution in [0.3, 0.4) is 0 Å². The number of methoxy groups -OCH3 is 2. The molecule has 2 heterocycles. The highest BCUT2D eigenvalue weighted by Crippen LogP contribution is 2.41.